The van der Waals surface area contributed by atoms with Gasteiger partial charge in [0.05, 0.1) is 16.3 Å². The number of nitrogens with zero attached hydrogens (tertiary/aromatic N) is 3. The van der Waals surface area contributed by atoms with Gasteiger partial charge in [0.15, 0.2) is 0 Å². The van der Waals surface area contributed by atoms with Gasteiger partial charge in [0.1, 0.15) is 0 Å². The molecule has 0 radical (unpaired) electrons. The van der Waals surface area contributed by atoms with E-state index in [-0.39, 0.29) is 11.7 Å². The number of allylic oxidation sites excluding steroid dienone is 1. The van der Waals surface area contributed by atoms with Crippen LogP contribution < -0.4 is 5.73 Å². The fourth-order valence-electron chi connectivity index (χ4n) is 1.74. The van der Waals surface area contributed by atoms with E-state index in [1.54, 1.807) is 6.20 Å². The molecule has 6 nitrogen and oxygen atoms in total. The summed E-state index contributed by atoms with van der Waals surface area (Å²) >= 11 is 6.24. The van der Waals surface area contributed by atoms with Crippen LogP contribution in [-0.4, -0.2) is 21.0 Å². The zero-order valence-electron chi connectivity index (χ0n) is 9.05. The van der Waals surface area contributed by atoms with Gasteiger partial charge in [-0.25, -0.2) is 0 Å². The molecule has 3 rings (SSSR count). The monoisotopic (exact) mass is 262 g/mol. The molecule has 2 N–H and O–H groups in total. The van der Waals surface area contributed by atoms with Crippen LogP contribution in [0.15, 0.2) is 16.8 Å². The second kappa shape index (κ2) is 3.92. The molecule has 90 valence electrons. The predicted octanol–water partition coefficient (Wildman–Crippen LogP) is 1.45. The summed E-state index contributed by atoms with van der Waals surface area (Å²) in [6, 6.07) is 0. The highest BCUT2D eigenvalue weighted by molar-refractivity contribution is 6.34. The summed E-state index contributed by atoms with van der Waals surface area (Å²) in [6.45, 7) is 0. The molecular weight excluding hydrogens is 256 g/mol. The van der Waals surface area contributed by atoms with Gasteiger partial charge in [0.25, 0.3) is 17.6 Å². The Hall–Kier alpha value is -2.21. The molecule has 0 bridgehead atoms. The van der Waals surface area contributed by atoms with Gasteiger partial charge in [-0.1, -0.05) is 28.9 Å². The molecule has 1 aliphatic carbocycles. The molecule has 0 aromatic carbocycles. The van der Waals surface area contributed by atoms with Crippen molar-refractivity contribution in [3.05, 3.63) is 34.4 Å². The highest BCUT2D eigenvalue weighted by atomic mass is 35.5. The highest BCUT2D eigenvalue weighted by Crippen LogP contribution is 2.33. The number of nitrogens with two attached hydrogens (primary N) is 1. The lowest BCUT2D eigenvalue weighted by Gasteiger charge is -2.03. The van der Waals surface area contributed by atoms with E-state index in [0.717, 1.165) is 17.7 Å². The number of halogens is 1. The molecule has 0 spiro atoms. The van der Waals surface area contributed by atoms with E-state index in [2.05, 4.69) is 15.1 Å². The number of primary amides is 1. The van der Waals surface area contributed by atoms with Gasteiger partial charge in [-0.15, -0.1) is 0 Å². The first kappa shape index (κ1) is 10.9. The SMILES string of the molecule is NC(=O)c1noc(-c2cnc3c(c2Cl)C=CC3)n1. The number of hydrogen-bond donors (Lipinski definition) is 1. The summed E-state index contributed by atoms with van der Waals surface area (Å²) in [5, 5.41) is 3.94. The molecule has 2 heterocycles. The van der Waals surface area contributed by atoms with Crippen molar-refractivity contribution in [3.63, 3.8) is 0 Å². The minimum atomic E-state index is -0.755. The maximum atomic E-state index is 10.9. The van der Waals surface area contributed by atoms with Gasteiger partial charge in [-0.3, -0.25) is 9.78 Å². The molecule has 0 atom stereocenters. The number of rotatable bonds is 2. The molecule has 2 aromatic heterocycles. The number of carbonyl (C=O) groups excluding carboxylic acids is 1. The van der Waals surface area contributed by atoms with Crippen LogP contribution in [0.3, 0.4) is 0 Å². The zero-order chi connectivity index (χ0) is 12.7. The molecule has 0 saturated heterocycles. The van der Waals surface area contributed by atoms with Crippen molar-refractivity contribution < 1.29 is 9.32 Å². The lowest BCUT2D eigenvalue weighted by atomic mass is 10.1. The lowest BCUT2D eigenvalue weighted by Crippen LogP contribution is -2.12. The minimum absolute atomic E-state index is 0.129. The fourth-order valence-corrected chi connectivity index (χ4v) is 2.04. The molecule has 1 aliphatic rings. The topological polar surface area (TPSA) is 94.9 Å². The van der Waals surface area contributed by atoms with Crippen LogP contribution in [0.4, 0.5) is 0 Å². The van der Waals surface area contributed by atoms with Crippen LogP contribution in [0, 0.1) is 0 Å². The Morgan fingerprint density at radius 1 is 1.50 bits per heavy atom. The van der Waals surface area contributed by atoms with E-state index < -0.39 is 5.91 Å². The standard InChI is InChI=1S/C11H7ClN4O2/c12-8-5-2-1-3-7(5)14-4-6(8)11-15-10(9(13)17)16-18-11/h1-2,4H,3H2,(H2,13,17). The number of fused-ring (bicyclic) bond motifs is 1. The van der Waals surface area contributed by atoms with E-state index in [9.17, 15) is 4.79 Å². The van der Waals surface area contributed by atoms with Crippen molar-refractivity contribution in [2.45, 2.75) is 6.42 Å². The average Bonchev–Trinajstić information content (AvgIpc) is 2.97. The van der Waals surface area contributed by atoms with Crippen LogP contribution >= 0.6 is 11.6 Å². The van der Waals surface area contributed by atoms with E-state index in [1.807, 2.05) is 12.2 Å². The number of aromatic nitrogens is 3. The third-order valence-corrected chi connectivity index (χ3v) is 3.01. The summed E-state index contributed by atoms with van der Waals surface area (Å²) in [4.78, 5) is 19.0. The fraction of sp³-hybridized carbons (Fsp3) is 0.0909. The molecule has 0 aliphatic heterocycles. The zero-order valence-corrected chi connectivity index (χ0v) is 9.81. The molecular formula is C11H7ClN4O2. The quantitative estimate of drug-likeness (QED) is 0.884. The van der Waals surface area contributed by atoms with Crippen LogP contribution in [0.5, 0.6) is 0 Å². The average molecular weight is 263 g/mol. The third kappa shape index (κ3) is 1.58. The first-order chi connectivity index (χ1) is 8.66. The largest absolute Gasteiger partial charge is 0.363 e. The Balaban J connectivity index is 2.11. The van der Waals surface area contributed by atoms with Crippen LogP contribution in [0.2, 0.25) is 5.02 Å². The van der Waals surface area contributed by atoms with Crippen molar-refractivity contribution in [2.24, 2.45) is 5.73 Å². The van der Waals surface area contributed by atoms with Gasteiger partial charge in [-0.05, 0) is 0 Å². The van der Waals surface area contributed by atoms with E-state index in [1.165, 1.54) is 0 Å². The Labute approximate surface area is 106 Å². The van der Waals surface area contributed by atoms with Crippen molar-refractivity contribution in [2.75, 3.05) is 0 Å². The number of carbonyl (C=O) groups is 1. The van der Waals surface area contributed by atoms with Crippen LogP contribution in [-0.2, 0) is 6.42 Å². The van der Waals surface area contributed by atoms with Gasteiger partial charge in [0, 0.05) is 18.2 Å². The molecule has 0 saturated carbocycles. The van der Waals surface area contributed by atoms with Crippen molar-refractivity contribution in [3.8, 4) is 11.5 Å². The van der Waals surface area contributed by atoms with Crippen molar-refractivity contribution in [1.29, 1.82) is 0 Å². The van der Waals surface area contributed by atoms with E-state index in [4.69, 9.17) is 21.9 Å². The van der Waals surface area contributed by atoms with Crippen LogP contribution in [0.25, 0.3) is 17.5 Å². The van der Waals surface area contributed by atoms with E-state index in [0.29, 0.717) is 10.6 Å². The van der Waals surface area contributed by atoms with Gasteiger partial charge >= 0.3 is 0 Å². The molecule has 0 unspecified atom stereocenters. The lowest BCUT2D eigenvalue weighted by molar-refractivity contribution is 0.0987. The molecule has 7 heteroatoms. The summed E-state index contributed by atoms with van der Waals surface area (Å²) < 4.78 is 4.94. The summed E-state index contributed by atoms with van der Waals surface area (Å²) in [7, 11) is 0. The van der Waals surface area contributed by atoms with Crippen molar-refractivity contribution >= 4 is 23.6 Å². The second-order valence-corrected chi connectivity index (χ2v) is 4.12. The number of hydrogen-bond acceptors (Lipinski definition) is 5. The first-order valence-corrected chi connectivity index (χ1v) is 5.52. The Kier molecular flexibility index (Phi) is 2.38. The van der Waals surface area contributed by atoms with Gasteiger partial charge in [-0.2, -0.15) is 4.98 Å². The molecule has 0 fully saturated rings. The Bertz CT molecular complexity index is 678. The van der Waals surface area contributed by atoms with Gasteiger partial charge < -0.3 is 10.3 Å². The molecule has 18 heavy (non-hydrogen) atoms. The van der Waals surface area contributed by atoms with Crippen molar-refractivity contribution in [1.82, 2.24) is 15.1 Å². The van der Waals surface area contributed by atoms with Gasteiger partial charge in [0.2, 0.25) is 0 Å². The summed E-state index contributed by atoms with van der Waals surface area (Å²) in [6.07, 6.45) is 6.16. The van der Waals surface area contributed by atoms with Crippen LogP contribution in [0.1, 0.15) is 21.9 Å². The minimum Gasteiger partial charge on any atom is -0.363 e. The third-order valence-electron chi connectivity index (χ3n) is 2.61. The highest BCUT2D eigenvalue weighted by Gasteiger charge is 2.20. The summed E-state index contributed by atoms with van der Waals surface area (Å²) in [5.41, 5.74) is 7.28. The smallest absolute Gasteiger partial charge is 0.290 e. The summed E-state index contributed by atoms with van der Waals surface area (Å²) in [5.74, 6) is -0.809. The molecule has 2 aromatic rings. The number of pyridine rings is 1. The normalized spacial score (nSPS) is 12.7. The van der Waals surface area contributed by atoms with E-state index >= 15 is 0 Å². The first-order valence-electron chi connectivity index (χ1n) is 5.14. The maximum Gasteiger partial charge on any atom is 0.290 e. The number of amides is 1. The predicted molar refractivity (Wildman–Crippen MR) is 63.8 cm³/mol. The second-order valence-electron chi connectivity index (χ2n) is 3.74. The maximum absolute atomic E-state index is 10.9. The molecule has 1 amide bonds. The Morgan fingerprint density at radius 2 is 2.33 bits per heavy atom. The Morgan fingerprint density at radius 3 is 3.06 bits per heavy atom.